The standard InChI is InChI=1S/C15H18ClNO4S3/c1-3-17(11-12-5-10-15(16)22-12)24(20,21)14-8-6-13(7-9-14)23(18,19)4-2/h5-10H,3-4,11H2,1-2H3. The van der Waals surface area contributed by atoms with Gasteiger partial charge in [-0.15, -0.1) is 11.3 Å². The summed E-state index contributed by atoms with van der Waals surface area (Å²) in [6.45, 7) is 3.83. The quantitative estimate of drug-likeness (QED) is 0.705. The maximum absolute atomic E-state index is 12.8. The molecule has 0 unspecified atom stereocenters. The van der Waals surface area contributed by atoms with Crippen molar-refractivity contribution in [3.8, 4) is 0 Å². The van der Waals surface area contributed by atoms with Crippen molar-refractivity contribution < 1.29 is 16.8 Å². The van der Waals surface area contributed by atoms with E-state index in [4.69, 9.17) is 11.6 Å². The van der Waals surface area contributed by atoms with E-state index in [0.717, 1.165) is 4.88 Å². The second-order valence-electron chi connectivity index (χ2n) is 5.01. The van der Waals surface area contributed by atoms with Crippen molar-refractivity contribution in [3.05, 3.63) is 45.6 Å². The molecule has 0 aliphatic carbocycles. The fourth-order valence-corrected chi connectivity index (χ4v) is 5.61. The molecule has 1 heterocycles. The molecular weight excluding hydrogens is 390 g/mol. The Kier molecular flexibility index (Phi) is 6.09. The molecule has 2 aromatic rings. The van der Waals surface area contributed by atoms with Crippen LogP contribution in [0.3, 0.4) is 0 Å². The second-order valence-corrected chi connectivity index (χ2v) is 11.0. The fraction of sp³-hybridized carbons (Fsp3) is 0.333. The van der Waals surface area contributed by atoms with E-state index in [1.165, 1.54) is 39.9 Å². The van der Waals surface area contributed by atoms with Crippen LogP contribution in [-0.4, -0.2) is 33.4 Å². The Bertz CT molecular complexity index is 902. The highest BCUT2D eigenvalue weighted by molar-refractivity contribution is 7.91. The van der Waals surface area contributed by atoms with Gasteiger partial charge in [0.2, 0.25) is 10.0 Å². The van der Waals surface area contributed by atoms with E-state index >= 15 is 0 Å². The van der Waals surface area contributed by atoms with Gasteiger partial charge < -0.3 is 0 Å². The Morgan fingerprint density at radius 2 is 1.54 bits per heavy atom. The minimum atomic E-state index is -3.71. The van der Waals surface area contributed by atoms with E-state index in [1.807, 2.05) is 0 Å². The molecule has 0 fully saturated rings. The van der Waals surface area contributed by atoms with Gasteiger partial charge in [-0.1, -0.05) is 25.4 Å². The second kappa shape index (κ2) is 7.53. The molecular formula is C15H18ClNO4S3. The molecule has 0 N–H and O–H groups in total. The number of halogens is 1. The number of hydrogen-bond donors (Lipinski definition) is 0. The lowest BCUT2D eigenvalue weighted by molar-refractivity contribution is 0.426. The van der Waals surface area contributed by atoms with Gasteiger partial charge in [0.1, 0.15) is 0 Å². The van der Waals surface area contributed by atoms with Crippen molar-refractivity contribution in [2.75, 3.05) is 12.3 Å². The number of sulfone groups is 1. The van der Waals surface area contributed by atoms with Crippen LogP contribution in [0.5, 0.6) is 0 Å². The first-order valence-corrected chi connectivity index (χ1v) is 11.6. The SMILES string of the molecule is CCN(Cc1ccc(Cl)s1)S(=O)(=O)c1ccc(S(=O)(=O)CC)cc1. The molecule has 0 atom stereocenters. The zero-order chi connectivity index (χ0) is 18.0. The molecule has 1 aromatic heterocycles. The fourth-order valence-electron chi connectivity index (χ4n) is 2.11. The van der Waals surface area contributed by atoms with Crippen LogP contribution in [0.15, 0.2) is 46.2 Å². The summed E-state index contributed by atoms with van der Waals surface area (Å²) in [7, 11) is -7.06. The molecule has 0 spiro atoms. The first-order valence-electron chi connectivity index (χ1n) is 7.28. The summed E-state index contributed by atoms with van der Waals surface area (Å²) in [5.41, 5.74) is 0. The van der Waals surface area contributed by atoms with E-state index in [-0.39, 0.29) is 22.1 Å². The summed E-state index contributed by atoms with van der Waals surface area (Å²) in [5, 5.41) is 0. The van der Waals surface area contributed by atoms with Gasteiger partial charge in [-0.25, -0.2) is 16.8 Å². The Balaban J connectivity index is 2.30. The van der Waals surface area contributed by atoms with Crippen molar-refractivity contribution >= 4 is 42.8 Å². The van der Waals surface area contributed by atoms with Gasteiger partial charge in [0.25, 0.3) is 0 Å². The predicted molar refractivity (Wildman–Crippen MR) is 96.8 cm³/mol. The highest BCUT2D eigenvalue weighted by Gasteiger charge is 2.24. The van der Waals surface area contributed by atoms with Crippen LogP contribution in [0.4, 0.5) is 0 Å². The van der Waals surface area contributed by atoms with E-state index in [9.17, 15) is 16.8 Å². The normalized spacial score (nSPS) is 12.7. The van der Waals surface area contributed by atoms with Gasteiger partial charge in [-0.3, -0.25) is 0 Å². The molecule has 5 nitrogen and oxygen atoms in total. The lowest BCUT2D eigenvalue weighted by Gasteiger charge is -2.20. The average molecular weight is 408 g/mol. The summed E-state index contributed by atoms with van der Waals surface area (Å²) in [4.78, 5) is 1.04. The molecule has 132 valence electrons. The van der Waals surface area contributed by atoms with Crippen molar-refractivity contribution in [2.45, 2.75) is 30.2 Å². The smallest absolute Gasteiger partial charge is 0.224 e. The summed E-state index contributed by atoms with van der Waals surface area (Å²) in [6.07, 6.45) is 0. The average Bonchev–Trinajstić information content (AvgIpc) is 2.97. The largest absolute Gasteiger partial charge is 0.243 e. The van der Waals surface area contributed by atoms with Crippen LogP contribution in [0.25, 0.3) is 0 Å². The maximum Gasteiger partial charge on any atom is 0.243 e. The van der Waals surface area contributed by atoms with Crippen LogP contribution in [0.1, 0.15) is 18.7 Å². The third-order valence-electron chi connectivity index (χ3n) is 3.51. The van der Waals surface area contributed by atoms with Crippen molar-refractivity contribution in [2.24, 2.45) is 0 Å². The molecule has 0 aliphatic rings. The lowest BCUT2D eigenvalue weighted by Crippen LogP contribution is -2.30. The molecule has 1 aromatic carbocycles. The van der Waals surface area contributed by atoms with Crippen LogP contribution in [0, 0.1) is 0 Å². The minimum absolute atomic E-state index is 0.0285. The summed E-state index contributed by atoms with van der Waals surface area (Å²) < 4.78 is 51.1. The highest BCUT2D eigenvalue weighted by atomic mass is 35.5. The number of rotatable bonds is 7. The molecule has 0 saturated carbocycles. The first kappa shape index (κ1) is 19.4. The number of hydrogen-bond acceptors (Lipinski definition) is 5. The zero-order valence-electron chi connectivity index (χ0n) is 13.3. The van der Waals surface area contributed by atoms with E-state index in [1.54, 1.807) is 26.0 Å². The first-order chi connectivity index (χ1) is 11.2. The van der Waals surface area contributed by atoms with Gasteiger partial charge >= 0.3 is 0 Å². The molecule has 2 rings (SSSR count). The summed E-state index contributed by atoms with van der Waals surface area (Å²) in [6, 6.07) is 8.86. The summed E-state index contributed by atoms with van der Waals surface area (Å²) in [5.74, 6) is -0.0285. The van der Waals surface area contributed by atoms with Gasteiger partial charge in [-0.2, -0.15) is 4.31 Å². The van der Waals surface area contributed by atoms with Gasteiger partial charge in [0, 0.05) is 18.0 Å². The molecule has 0 saturated heterocycles. The highest BCUT2D eigenvalue weighted by Crippen LogP contribution is 2.26. The number of sulfonamides is 1. The molecule has 24 heavy (non-hydrogen) atoms. The zero-order valence-corrected chi connectivity index (χ0v) is 16.5. The predicted octanol–water partition coefficient (Wildman–Crippen LogP) is 3.41. The molecule has 0 aliphatic heterocycles. The van der Waals surface area contributed by atoms with Crippen LogP contribution in [-0.2, 0) is 26.4 Å². The van der Waals surface area contributed by atoms with E-state index < -0.39 is 19.9 Å². The third-order valence-corrected chi connectivity index (χ3v) is 8.42. The van der Waals surface area contributed by atoms with Crippen LogP contribution >= 0.6 is 22.9 Å². The number of thiophene rings is 1. The molecule has 0 radical (unpaired) electrons. The van der Waals surface area contributed by atoms with Crippen LogP contribution < -0.4 is 0 Å². The monoisotopic (exact) mass is 407 g/mol. The van der Waals surface area contributed by atoms with Crippen molar-refractivity contribution in [3.63, 3.8) is 0 Å². The minimum Gasteiger partial charge on any atom is -0.224 e. The third kappa shape index (κ3) is 4.18. The summed E-state index contributed by atoms with van der Waals surface area (Å²) >= 11 is 7.22. The Morgan fingerprint density at radius 3 is 2.00 bits per heavy atom. The number of benzene rings is 1. The Labute approximate surface area is 151 Å². The number of nitrogens with zero attached hydrogens (tertiary/aromatic N) is 1. The van der Waals surface area contributed by atoms with E-state index in [2.05, 4.69) is 0 Å². The maximum atomic E-state index is 12.8. The van der Waals surface area contributed by atoms with E-state index in [0.29, 0.717) is 10.9 Å². The van der Waals surface area contributed by atoms with Gasteiger partial charge in [-0.05, 0) is 36.4 Å². The van der Waals surface area contributed by atoms with Crippen molar-refractivity contribution in [1.29, 1.82) is 0 Å². The van der Waals surface area contributed by atoms with Crippen molar-refractivity contribution in [1.82, 2.24) is 4.31 Å². The van der Waals surface area contributed by atoms with Gasteiger partial charge in [0.15, 0.2) is 9.84 Å². The Morgan fingerprint density at radius 1 is 0.958 bits per heavy atom. The van der Waals surface area contributed by atoms with Crippen LogP contribution in [0.2, 0.25) is 4.34 Å². The topological polar surface area (TPSA) is 71.5 Å². The lowest BCUT2D eigenvalue weighted by atomic mass is 10.4. The van der Waals surface area contributed by atoms with Gasteiger partial charge in [0.05, 0.1) is 19.9 Å². The Hall–Kier alpha value is -0.930. The molecule has 0 bridgehead atoms. The molecule has 9 heteroatoms. The molecule has 0 amide bonds.